The van der Waals surface area contributed by atoms with Crippen molar-refractivity contribution in [1.29, 1.82) is 0 Å². The zero-order valence-corrected chi connectivity index (χ0v) is 22.8. The van der Waals surface area contributed by atoms with Gasteiger partial charge in [0, 0.05) is 30.2 Å². The summed E-state index contributed by atoms with van der Waals surface area (Å²) in [4.78, 5) is 45.8. The predicted octanol–water partition coefficient (Wildman–Crippen LogP) is 4.16. The lowest BCUT2D eigenvalue weighted by molar-refractivity contribution is -0.122. The molecule has 0 spiro atoms. The quantitative estimate of drug-likeness (QED) is 0.426. The number of anilines is 1. The molecule has 2 amide bonds. The van der Waals surface area contributed by atoms with Gasteiger partial charge in [0.2, 0.25) is 5.91 Å². The van der Waals surface area contributed by atoms with Gasteiger partial charge in [0.25, 0.3) is 5.91 Å². The van der Waals surface area contributed by atoms with Gasteiger partial charge in [-0.2, -0.15) is 5.10 Å². The largest absolute Gasteiger partial charge is 0.459 e. The maximum atomic E-state index is 12.9. The number of amides is 2. The molecule has 1 N–H and O–H groups in total. The van der Waals surface area contributed by atoms with Gasteiger partial charge in [-0.3, -0.25) is 19.2 Å². The summed E-state index contributed by atoms with van der Waals surface area (Å²) in [6.45, 7) is 7.81. The number of hydrogen-bond acceptors (Lipinski definition) is 8. The minimum Gasteiger partial charge on any atom is -0.459 e. The Bertz CT molecular complexity index is 1260. The number of rotatable bonds is 7. The van der Waals surface area contributed by atoms with Gasteiger partial charge in [0.1, 0.15) is 10.7 Å². The Morgan fingerprint density at radius 2 is 2.06 bits per heavy atom. The van der Waals surface area contributed by atoms with Crippen molar-refractivity contribution in [2.75, 3.05) is 17.6 Å². The number of hydrogen-bond donors (Lipinski definition) is 1. The van der Waals surface area contributed by atoms with Gasteiger partial charge in [-0.05, 0) is 65.0 Å². The number of esters is 1. The molecule has 0 aromatic carbocycles. The fraction of sp³-hybridized carbons (Fsp3) is 0.480. The number of thiophene rings is 1. The summed E-state index contributed by atoms with van der Waals surface area (Å²) in [6, 6.07) is 0. The summed E-state index contributed by atoms with van der Waals surface area (Å²) in [5.74, 6) is -0.795. The third-order valence-electron chi connectivity index (χ3n) is 5.87. The maximum Gasteiger partial charge on any atom is 0.341 e. The lowest BCUT2D eigenvalue weighted by Crippen LogP contribution is -2.31. The van der Waals surface area contributed by atoms with Crippen molar-refractivity contribution in [3.8, 4) is 0 Å². The van der Waals surface area contributed by atoms with Crippen LogP contribution in [0, 0.1) is 6.92 Å². The molecule has 0 unspecified atom stereocenters. The van der Waals surface area contributed by atoms with Crippen molar-refractivity contribution < 1.29 is 19.1 Å². The molecule has 0 atom stereocenters. The lowest BCUT2D eigenvalue weighted by atomic mass is 9.95. The first kappa shape index (κ1) is 26.2. The van der Waals surface area contributed by atoms with Crippen LogP contribution in [0.3, 0.4) is 0 Å². The number of amidine groups is 1. The molecule has 1 aliphatic heterocycles. The molecule has 3 heterocycles. The van der Waals surface area contributed by atoms with E-state index in [0.717, 1.165) is 47.4 Å². The summed E-state index contributed by atoms with van der Waals surface area (Å²) in [6.07, 6.45) is 7.13. The number of fused-ring (bicyclic) bond motifs is 1. The molecule has 2 aromatic rings. The SMILES string of the molecule is CCN1C(=O)/C(=C\c2cn(C)nc2C)N=C1SCC(=O)Nc1sc2c(c1C(=O)OC(C)C)CCCC2. The van der Waals surface area contributed by atoms with Crippen molar-refractivity contribution in [3.63, 3.8) is 0 Å². The Morgan fingerprint density at radius 1 is 1.31 bits per heavy atom. The van der Waals surface area contributed by atoms with Gasteiger partial charge in [0.15, 0.2) is 5.17 Å². The highest BCUT2D eigenvalue weighted by molar-refractivity contribution is 8.14. The number of carbonyl (C=O) groups is 3. The summed E-state index contributed by atoms with van der Waals surface area (Å²) < 4.78 is 7.16. The van der Waals surface area contributed by atoms with E-state index in [1.165, 1.54) is 23.1 Å². The molecule has 36 heavy (non-hydrogen) atoms. The highest BCUT2D eigenvalue weighted by atomic mass is 32.2. The molecule has 0 saturated heterocycles. The molecule has 0 saturated carbocycles. The molecule has 192 valence electrons. The van der Waals surface area contributed by atoms with Crippen LogP contribution < -0.4 is 5.32 Å². The molecular weight excluding hydrogens is 498 g/mol. The number of aliphatic imine (C=N–C) groups is 1. The predicted molar refractivity (Wildman–Crippen MR) is 143 cm³/mol. The van der Waals surface area contributed by atoms with E-state index in [1.807, 2.05) is 40.9 Å². The average Bonchev–Trinajstić information content (AvgIpc) is 3.44. The average molecular weight is 530 g/mol. The number of nitrogens with zero attached hydrogens (tertiary/aromatic N) is 4. The zero-order valence-electron chi connectivity index (χ0n) is 21.2. The third kappa shape index (κ3) is 5.57. The van der Waals surface area contributed by atoms with E-state index in [-0.39, 0.29) is 23.7 Å². The van der Waals surface area contributed by atoms with Crippen LogP contribution in [-0.2, 0) is 34.2 Å². The van der Waals surface area contributed by atoms with Crippen molar-refractivity contribution in [2.45, 2.75) is 59.5 Å². The molecule has 0 fully saturated rings. The van der Waals surface area contributed by atoms with Crippen molar-refractivity contribution in [3.05, 3.63) is 39.2 Å². The van der Waals surface area contributed by atoms with E-state index in [0.29, 0.717) is 28.0 Å². The van der Waals surface area contributed by atoms with Gasteiger partial charge in [0.05, 0.1) is 23.1 Å². The van der Waals surface area contributed by atoms with Gasteiger partial charge in [-0.15, -0.1) is 11.3 Å². The van der Waals surface area contributed by atoms with Crippen LogP contribution >= 0.6 is 23.1 Å². The number of nitrogens with one attached hydrogen (secondary N) is 1. The van der Waals surface area contributed by atoms with E-state index < -0.39 is 5.97 Å². The number of aromatic nitrogens is 2. The Hall–Kier alpha value is -2.92. The van der Waals surface area contributed by atoms with E-state index in [9.17, 15) is 14.4 Å². The summed E-state index contributed by atoms with van der Waals surface area (Å²) in [5.41, 5.74) is 3.44. The second kappa shape index (κ2) is 11.0. The molecule has 9 nitrogen and oxygen atoms in total. The number of thioether (sulfide) groups is 1. The van der Waals surface area contributed by atoms with E-state index in [1.54, 1.807) is 15.7 Å². The molecule has 0 radical (unpaired) electrons. The Kier molecular flexibility index (Phi) is 7.99. The van der Waals surface area contributed by atoms with Crippen molar-refractivity contribution >= 4 is 57.1 Å². The van der Waals surface area contributed by atoms with E-state index >= 15 is 0 Å². The Balaban J connectivity index is 1.49. The minimum atomic E-state index is -0.393. The topological polar surface area (TPSA) is 106 Å². The highest BCUT2D eigenvalue weighted by Gasteiger charge is 2.31. The summed E-state index contributed by atoms with van der Waals surface area (Å²) in [7, 11) is 1.82. The van der Waals surface area contributed by atoms with Gasteiger partial charge in [-0.1, -0.05) is 11.8 Å². The number of carbonyl (C=O) groups excluding carboxylic acids is 3. The standard InChI is InChI=1S/C25H31N5O4S2/c1-6-30-23(32)18(11-16-12-29(5)28-15(16)4)26-25(30)35-13-20(31)27-22-21(24(33)34-14(2)3)17-9-7-8-10-19(17)36-22/h11-12,14H,6-10,13H2,1-5H3,(H,27,31)/b18-11+. The monoisotopic (exact) mass is 529 g/mol. The van der Waals surface area contributed by atoms with Gasteiger partial charge in [-0.25, -0.2) is 9.79 Å². The van der Waals surface area contributed by atoms with Crippen LogP contribution in [0.5, 0.6) is 0 Å². The summed E-state index contributed by atoms with van der Waals surface area (Å²) >= 11 is 2.66. The third-order valence-corrected chi connectivity index (χ3v) is 8.06. The normalized spacial score (nSPS) is 16.5. The first-order chi connectivity index (χ1) is 17.2. The first-order valence-electron chi connectivity index (χ1n) is 12.1. The number of ether oxygens (including phenoxy) is 1. The molecule has 0 bridgehead atoms. The summed E-state index contributed by atoms with van der Waals surface area (Å²) in [5, 5.41) is 8.25. The zero-order chi connectivity index (χ0) is 26.0. The fourth-order valence-electron chi connectivity index (χ4n) is 4.26. The molecule has 1 aliphatic carbocycles. The second-order valence-electron chi connectivity index (χ2n) is 9.02. The van der Waals surface area contributed by atoms with Crippen LogP contribution in [-0.4, -0.2) is 56.0 Å². The number of aryl methyl sites for hydroxylation is 3. The number of likely N-dealkylation sites (N-methyl/N-ethyl adjacent to an activating group) is 1. The lowest BCUT2D eigenvalue weighted by Gasteiger charge is -2.15. The molecule has 4 rings (SSSR count). The van der Waals surface area contributed by atoms with E-state index in [4.69, 9.17) is 4.74 Å². The second-order valence-corrected chi connectivity index (χ2v) is 11.1. The van der Waals surface area contributed by atoms with Crippen LogP contribution in [0.4, 0.5) is 5.00 Å². The minimum absolute atomic E-state index is 0.0586. The Morgan fingerprint density at radius 3 is 2.72 bits per heavy atom. The van der Waals surface area contributed by atoms with Crippen LogP contribution in [0.15, 0.2) is 16.9 Å². The molecule has 2 aliphatic rings. The smallest absolute Gasteiger partial charge is 0.341 e. The Labute approximate surface area is 219 Å². The van der Waals surface area contributed by atoms with Crippen molar-refractivity contribution in [1.82, 2.24) is 14.7 Å². The molecule has 11 heteroatoms. The van der Waals surface area contributed by atoms with Crippen LogP contribution in [0.1, 0.15) is 65.7 Å². The fourth-order valence-corrected chi connectivity index (χ4v) is 6.42. The maximum absolute atomic E-state index is 12.9. The van der Waals surface area contributed by atoms with Crippen molar-refractivity contribution in [2.24, 2.45) is 12.0 Å². The van der Waals surface area contributed by atoms with Crippen LogP contribution in [0.25, 0.3) is 6.08 Å². The van der Waals surface area contributed by atoms with Gasteiger partial charge < -0.3 is 10.1 Å². The molecular formula is C25H31N5O4S2. The highest BCUT2D eigenvalue weighted by Crippen LogP contribution is 2.39. The first-order valence-corrected chi connectivity index (χ1v) is 13.9. The van der Waals surface area contributed by atoms with Gasteiger partial charge >= 0.3 is 5.97 Å². The van der Waals surface area contributed by atoms with Crippen LogP contribution in [0.2, 0.25) is 0 Å². The molecule has 2 aromatic heterocycles. The van der Waals surface area contributed by atoms with E-state index in [2.05, 4.69) is 15.4 Å².